The van der Waals surface area contributed by atoms with Crippen molar-refractivity contribution in [3.8, 4) is 5.75 Å². The Kier molecular flexibility index (Phi) is 5.20. The van der Waals surface area contributed by atoms with Crippen LogP contribution in [0.25, 0.3) is 0 Å². The van der Waals surface area contributed by atoms with E-state index in [1.54, 1.807) is 0 Å². The van der Waals surface area contributed by atoms with Crippen molar-refractivity contribution < 1.29 is 9.84 Å². The van der Waals surface area contributed by atoms with Gasteiger partial charge in [0.2, 0.25) is 0 Å². The van der Waals surface area contributed by atoms with Gasteiger partial charge in [0.15, 0.2) is 0 Å². The lowest BCUT2D eigenvalue weighted by Crippen LogP contribution is -2.22. The summed E-state index contributed by atoms with van der Waals surface area (Å²) < 4.78 is 8.44. The van der Waals surface area contributed by atoms with Crippen LogP contribution in [0.4, 0.5) is 0 Å². The highest BCUT2D eigenvalue weighted by Gasteiger charge is 2.16. The van der Waals surface area contributed by atoms with Gasteiger partial charge >= 0.3 is 0 Å². The van der Waals surface area contributed by atoms with Crippen LogP contribution < -0.4 is 4.74 Å². The third-order valence-corrected chi connectivity index (χ3v) is 4.10. The first-order valence-corrected chi connectivity index (χ1v) is 7.48. The second-order valence-corrected chi connectivity index (χ2v) is 5.44. The Labute approximate surface area is 127 Å². The van der Waals surface area contributed by atoms with Crippen molar-refractivity contribution in [1.29, 1.82) is 0 Å². The Morgan fingerprint density at radius 1 is 1.35 bits per heavy atom. The molecule has 0 spiro atoms. The maximum Gasteiger partial charge on any atom is 0.119 e. The molecule has 0 saturated heterocycles. The highest BCUT2D eigenvalue weighted by atomic mass is 79.9. The van der Waals surface area contributed by atoms with Gasteiger partial charge in [-0.2, -0.15) is 5.10 Å². The SMILES string of the molecule is CCn1nc(C)c(Br)c1CC(O)COc1ccccc1. The number of para-hydroxylation sites is 1. The summed E-state index contributed by atoms with van der Waals surface area (Å²) >= 11 is 3.53. The maximum atomic E-state index is 10.1. The Morgan fingerprint density at radius 2 is 2.05 bits per heavy atom. The third kappa shape index (κ3) is 3.61. The van der Waals surface area contributed by atoms with Crippen molar-refractivity contribution in [3.63, 3.8) is 0 Å². The maximum absolute atomic E-state index is 10.1. The van der Waals surface area contributed by atoms with Gasteiger partial charge in [-0.25, -0.2) is 0 Å². The summed E-state index contributed by atoms with van der Waals surface area (Å²) in [5.41, 5.74) is 1.95. The molecule has 0 aliphatic heterocycles. The Hall–Kier alpha value is -1.33. The first-order chi connectivity index (χ1) is 9.61. The molecule has 1 aromatic carbocycles. The Bertz CT molecular complexity index is 555. The lowest BCUT2D eigenvalue weighted by molar-refractivity contribution is 0.106. The number of nitrogens with zero attached hydrogens (tertiary/aromatic N) is 2. The average molecular weight is 339 g/mol. The predicted octanol–water partition coefficient (Wildman–Crippen LogP) is 2.96. The molecule has 1 atom stereocenters. The number of aryl methyl sites for hydroxylation is 2. The molecule has 0 amide bonds. The molecule has 20 heavy (non-hydrogen) atoms. The number of ether oxygens (including phenoxy) is 1. The molecular formula is C15H19BrN2O2. The lowest BCUT2D eigenvalue weighted by Gasteiger charge is -2.13. The number of aliphatic hydroxyl groups excluding tert-OH is 1. The van der Waals surface area contributed by atoms with Crippen LogP contribution in [0.1, 0.15) is 18.3 Å². The van der Waals surface area contributed by atoms with Crippen LogP contribution in [0.15, 0.2) is 34.8 Å². The second-order valence-electron chi connectivity index (χ2n) is 4.64. The van der Waals surface area contributed by atoms with Gasteiger partial charge in [-0.1, -0.05) is 18.2 Å². The third-order valence-electron chi connectivity index (χ3n) is 3.07. The summed E-state index contributed by atoms with van der Waals surface area (Å²) in [6.07, 6.45) is -0.0462. The number of hydrogen-bond donors (Lipinski definition) is 1. The van der Waals surface area contributed by atoms with E-state index >= 15 is 0 Å². The summed E-state index contributed by atoms with van der Waals surface area (Å²) in [7, 11) is 0. The van der Waals surface area contributed by atoms with E-state index in [9.17, 15) is 5.11 Å². The van der Waals surface area contributed by atoms with Gasteiger partial charge < -0.3 is 9.84 Å². The van der Waals surface area contributed by atoms with Crippen LogP contribution >= 0.6 is 15.9 Å². The number of aliphatic hydroxyl groups is 1. The van der Waals surface area contributed by atoms with Gasteiger partial charge in [-0.05, 0) is 41.9 Å². The van der Waals surface area contributed by atoms with Crippen molar-refractivity contribution in [2.24, 2.45) is 0 Å². The Balaban J connectivity index is 1.96. The molecule has 0 saturated carbocycles. The van der Waals surface area contributed by atoms with Crippen LogP contribution in [-0.2, 0) is 13.0 Å². The molecular weight excluding hydrogens is 320 g/mol. The molecule has 1 N–H and O–H groups in total. The largest absolute Gasteiger partial charge is 0.491 e. The first kappa shape index (κ1) is 15.1. The summed E-state index contributed by atoms with van der Waals surface area (Å²) in [6.45, 7) is 5.04. The van der Waals surface area contributed by atoms with E-state index < -0.39 is 6.10 Å². The molecule has 0 fully saturated rings. The fourth-order valence-corrected chi connectivity index (χ4v) is 2.50. The van der Waals surface area contributed by atoms with Crippen molar-refractivity contribution in [3.05, 3.63) is 46.2 Å². The van der Waals surface area contributed by atoms with E-state index in [4.69, 9.17) is 4.74 Å². The molecule has 4 nitrogen and oxygen atoms in total. The van der Waals surface area contributed by atoms with Crippen LogP contribution in [0.3, 0.4) is 0 Å². The fraction of sp³-hybridized carbons (Fsp3) is 0.400. The predicted molar refractivity (Wildman–Crippen MR) is 82.0 cm³/mol. The van der Waals surface area contributed by atoms with Crippen molar-refractivity contribution in [2.45, 2.75) is 32.9 Å². The topological polar surface area (TPSA) is 47.3 Å². The number of rotatable bonds is 6. The van der Waals surface area contributed by atoms with Crippen LogP contribution in [0, 0.1) is 6.92 Å². The van der Waals surface area contributed by atoms with Crippen LogP contribution in [0.5, 0.6) is 5.75 Å². The van der Waals surface area contributed by atoms with Crippen LogP contribution in [-0.4, -0.2) is 27.6 Å². The number of aromatic nitrogens is 2. The minimum absolute atomic E-state index is 0.268. The molecule has 0 radical (unpaired) electrons. The van der Waals surface area contributed by atoms with E-state index in [2.05, 4.69) is 21.0 Å². The second kappa shape index (κ2) is 6.90. The zero-order valence-electron chi connectivity index (χ0n) is 11.7. The molecule has 1 heterocycles. The minimum atomic E-state index is -0.562. The van der Waals surface area contributed by atoms with E-state index in [-0.39, 0.29) is 6.61 Å². The number of halogens is 1. The van der Waals surface area contributed by atoms with E-state index in [1.807, 2.05) is 48.9 Å². The first-order valence-electron chi connectivity index (χ1n) is 6.69. The monoisotopic (exact) mass is 338 g/mol. The van der Waals surface area contributed by atoms with E-state index in [1.165, 1.54) is 0 Å². The van der Waals surface area contributed by atoms with E-state index in [0.717, 1.165) is 28.2 Å². The number of hydrogen-bond acceptors (Lipinski definition) is 3. The van der Waals surface area contributed by atoms with Gasteiger partial charge in [0.25, 0.3) is 0 Å². The van der Waals surface area contributed by atoms with Gasteiger partial charge in [0, 0.05) is 13.0 Å². The molecule has 0 bridgehead atoms. The standard InChI is InChI=1S/C15H19BrN2O2/c1-3-18-14(15(16)11(2)17-18)9-12(19)10-20-13-7-5-4-6-8-13/h4-8,12,19H,3,9-10H2,1-2H3. The average Bonchev–Trinajstić information content (AvgIpc) is 2.74. The van der Waals surface area contributed by atoms with Gasteiger partial charge in [0.05, 0.1) is 22.0 Å². The quantitative estimate of drug-likeness (QED) is 0.880. The number of benzene rings is 1. The van der Waals surface area contributed by atoms with Gasteiger partial charge in [0.1, 0.15) is 12.4 Å². The summed E-state index contributed by atoms with van der Waals surface area (Å²) in [4.78, 5) is 0. The van der Waals surface area contributed by atoms with Crippen molar-refractivity contribution >= 4 is 15.9 Å². The fourth-order valence-electron chi connectivity index (χ4n) is 2.06. The van der Waals surface area contributed by atoms with E-state index in [0.29, 0.717) is 6.42 Å². The molecule has 0 aliphatic rings. The molecule has 2 rings (SSSR count). The van der Waals surface area contributed by atoms with Gasteiger partial charge in [-0.3, -0.25) is 4.68 Å². The zero-order valence-corrected chi connectivity index (χ0v) is 13.3. The highest BCUT2D eigenvalue weighted by molar-refractivity contribution is 9.10. The minimum Gasteiger partial charge on any atom is -0.491 e. The zero-order chi connectivity index (χ0) is 14.5. The van der Waals surface area contributed by atoms with Crippen molar-refractivity contribution in [2.75, 3.05) is 6.61 Å². The highest BCUT2D eigenvalue weighted by Crippen LogP contribution is 2.22. The molecule has 1 aromatic heterocycles. The van der Waals surface area contributed by atoms with Crippen molar-refractivity contribution in [1.82, 2.24) is 9.78 Å². The lowest BCUT2D eigenvalue weighted by atomic mass is 10.2. The van der Waals surface area contributed by atoms with Gasteiger partial charge in [-0.15, -0.1) is 0 Å². The normalized spacial score (nSPS) is 12.4. The van der Waals surface area contributed by atoms with Crippen LogP contribution in [0.2, 0.25) is 0 Å². The molecule has 1 unspecified atom stereocenters. The summed E-state index contributed by atoms with van der Waals surface area (Å²) in [5.74, 6) is 0.769. The molecule has 2 aromatic rings. The summed E-state index contributed by atoms with van der Waals surface area (Å²) in [6, 6.07) is 9.51. The Morgan fingerprint density at radius 3 is 2.70 bits per heavy atom. The molecule has 108 valence electrons. The summed E-state index contributed by atoms with van der Waals surface area (Å²) in [5, 5.41) is 14.5. The molecule has 5 heteroatoms. The molecule has 0 aliphatic carbocycles. The smallest absolute Gasteiger partial charge is 0.119 e.